The van der Waals surface area contributed by atoms with Crippen LogP contribution >= 0.6 is 0 Å². The van der Waals surface area contributed by atoms with Crippen molar-refractivity contribution in [2.75, 3.05) is 0 Å². The van der Waals surface area contributed by atoms with Crippen molar-refractivity contribution < 1.29 is 96.4 Å². The molecule has 0 heterocycles. The van der Waals surface area contributed by atoms with Gasteiger partial charge in [-0.05, 0) is 146 Å². The molecule has 4 saturated carbocycles. The first-order chi connectivity index (χ1) is 21.2. The molecule has 4 unspecified atom stereocenters. The molecule has 2 N–H and O–H groups in total. The van der Waals surface area contributed by atoms with Gasteiger partial charge in [0.2, 0.25) is 0 Å². The van der Waals surface area contributed by atoms with E-state index in [1.807, 2.05) is 24.3 Å². The second kappa shape index (κ2) is 14.8. The van der Waals surface area contributed by atoms with E-state index in [-0.39, 0.29) is 69.9 Å². The minimum absolute atomic E-state index is 0. The van der Waals surface area contributed by atoms with E-state index in [1.54, 1.807) is 0 Å². The van der Waals surface area contributed by atoms with Gasteiger partial charge in [-0.2, -0.15) is 0 Å². The number of phenolic OH excluding ortho intramolecular Hbond substituents is 2. The maximum atomic E-state index is 12.3. The number of phenols is 2. The molecule has 4 fully saturated rings. The molecule has 8 atom stereocenters. The van der Waals surface area contributed by atoms with Crippen molar-refractivity contribution in [2.24, 2.45) is 34.5 Å². The van der Waals surface area contributed by atoms with Gasteiger partial charge in [-0.1, -0.05) is 26.0 Å². The molecule has 0 spiro atoms. The zero-order valence-electron chi connectivity index (χ0n) is 28.2. The van der Waals surface area contributed by atoms with E-state index in [1.165, 1.54) is 35.1 Å². The summed E-state index contributed by atoms with van der Waals surface area (Å²) in [6.07, 6.45) is 12.7. The van der Waals surface area contributed by atoms with Gasteiger partial charge in [0.25, 0.3) is 0 Å². The van der Waals surface area contributed by atoms with Crippen LogP contribution in [0.3, 0.4) is 0 Å². The number of aromatic hydroxyl groups is 2. The molecule has 244 valence electrons. The third kappa shape index (κ3) is 7.64. The van der Waals surface area contributed by atoms with Crippen LogP contribution in [-0.4, -0.2) is 39.3 Å². The van der Waals surface area contributed by atoms with Gasteiger partial charge in [-0.3, -0.25) is 18.0 Å². The van der Waals surface area contributed by atoms with Crippen molar-refractivity contribution in [2.45, 2.75) is 103 Å². The molecule has 2 aromatic carbocycles. The van der Waals surface area contributed by atoms with Crippen LogP contribution in [0.25, 0.3) is 0 Å². The Hall–Kier alpha value is -0.750. The summed E-state index contributed by atoms with van der Waals surface area (Å²) in [5.74, 6) is 5.57. The van der Waals surface area contributed by atoms with Crippen LogP contribution in [0, 0.1) is 34.5 Å². The summed E-state index contributed by atoms with van der Waals surface area (Å²) in [5, 5.41) is 19.3. The van der Waals surface area contributed by atoms with Crippen molar-refractivity contribution in [3.63, 3.8) is 0 Å². The summed E-state index contributed by atoms with van der Waals surface area (Å²) >= 11 is 0. The van der Waals surface area contributed by atoms with Crippen LogP contribution < -0.4 is 59.1 Å². The number of Topliss-reactive ketones (excluding diaryl/α,β-unsaturated/α-hetero) is 2. The monoisotopic (exact) mass is 682 g/mol. The average molecular weight is 683 g/mol. The minimum Gasteiger partial charge on any atom is -0.759 e. The van der Waals surface area contributed by atoms with Crippen LogP contribution in [0.15, 0.2) is 36.4 Å². The fourth-order valence-corrected chi connectivity index (χ4v) is 10.7. The van der Waals surface area contributed by atoms with Gasteiger partial charge in [-0.25, -0.2) is 0 Å². The maximum Gasteiger partial charge on any atom is 1.00 e. The Balaban J connectivity index is 0.000000180. The number of ketones is 2. The summed E-state index contributed by atoms with van der Waals surface area (Å²) in [6.45, 7) is 4.44. The summed E-state index contributed by atoms with van der Waals surface area (Å²) in [6, 6.07) is 11.8. The Bertz CT molecular complexity index is 1500. The number of fused-ring (bicyclic) bond motifs is 10. The van der Waals surface area contributed by atoms with Crippen molar-refractivity contribution >= 4 is 22.0 Å². The van der Waals surface area contributed by atoms with Crippen LogP contribution in [0.2, 0.25) is 0 Å². The Kier molecular flexibility index (Phi) is 12.3. The number of rotatable bonds is 0. The van der Waals surface area contributed by atoms with E-state index in [2.05, 4.69) is 26.0 Å². The van der Waals surface area contributed by atoms with Crippen molar-refractivity contribution in [1.29, 1.82) is 0 Å². The predicted molar refractivity (Wildman–Crippen MR) is 166 cm³/mol. The van der Waals surface area contributed by atoms with E-state index in [0.29, 0.717) is 58.6 Å². The van der Waals surface area contributed by atoms with Gasteiger partial charge in [0.1, 0.15) is 23.1 Å². The number of hydrogen-bond acceptors (Lipinski definition) is 8. The van der Waals surface area contributed by atoms with Gasteiger partial charge >= 0.3 is 59.1 Å². The average Bonchev–Trinajstić information content (AvgIpc) is 3.46. The van der Waals surface area contributed by atoms with E-state index in [0.717, 1.165) is 64.2 Å². The Morgan fingerprint density at radius 2 is 1.00 bits per heavy atom. The Labute approximate surface area is 323 Å². The molecule has 6 aliphatic rings. The number of carbonyl (C=O) groups excluding carboxylic acids is 2. The first-order valence-corrected chi connectivity index (χ1v) is 17.9. The van der Waals surface area contributed by atoms with Crippen molar-refractivity contribution in [1.82, 2.24) is 0 Å². The fourth-order valence-electron chi connectivity index (χ4n) is 10.7. The SMILES string of the molecule is C[C@]12CCC3c4ccc(O)cc4CCC3C1CCC2=O.C[C@]12CC[C@H]3c4ccc(O)cc4CC[C@@H]3C1CCC2=O.O=S(=O)([O-])[O-].[Na+].[Na+]. The summed E-state index contributed by atoms with van der Waals surface area (Å²) in [5.41, 5.74) is 5.49. The normalized spacial score (nSPS) is 34.5. The number of carbonyl (C=O) groups is 2. The zero-order valence-corrected chi connectivity index (χ0v) is 33.0. The standard InChI is InChI=1S/2C18H22O2.2Na.H2O4S/c2*1-18-9-8-14-13-5-3-12(19)10-11(13)2-4-15(14)16(18)6-7-17(18)20;;;1-5(2,3)4/h2*3,5,10,14-16,19H,2,4,6-9H2,1H3;;;(H2,1,2,3,4)/q;;2*+1;/p-2/t14?,15?,16?,18-;14-,15-,16?,18-;;;/m00.../s1. The molecule has 8 rings (SSSR count). The molecule has 11 heteroatoms. The van der Waals surface area contributed by atoms with Gasteiger partial charge < -0.3 is 19.3 Å². The molecule has 0 saturated heterocycles. The van der Waals surface area contributed by atoms with Gasteiger partial charge in [-0.15, -0.1) is 0 Å². The van der Waals surface area contributed by atoms with Crippen LogP contribution in [0.1, 0.15) is 112 Å². The molecule has 47 heavy (non-hydrogen) atoms. The molecule has 0 radical (unpaired) electrons. The second-order valence-electron chi connectivity index (χ2n) is 14.8. The molecule has 0 aliphatic heterocycles. The third-order valence-corrected chi connectivity index (χ3v) is 12.8. The summed E-state index contributed by atoms with van der Waals surface area (Å²) in [4.78, 5) is 24.5. The molecule has 0 amide bonds. The van der Waals surface area contributed by atoms with Gasteiger partial charge in [0, 0.05) is 34.1 Å². The number of benzene rings is 2. The smallest absolute Gasteiger partial charge is 0.759 e. The molecule has 0 bridgehead atoms. The van der Waals surface area contributed by atoms with E-state index in [4.69, 9.17) is 17.5 Å². The van der Waals surface area contributed by atoms with E-state index < -0.39 is 10.4 Å². The Morgan fingerprint density at radius 1 is 0.638 bits per heavy atom. The number of aryl methyl sites for hydroxylation is 2. The summed E-state index contributed by atoms with van der Waals surface area (Å²) < 4.78 is 34.1. The van der Waals surface area contributed by atoms with Crippen molar-refractivity contribution in [3.05, 3.63) is 58.7 Å². The fraction of sp³-hybridized carbons (Fsp3) is 0.611. The topological polar surface area (TPSA) is 155 Å². The molecular weight excluding hydrogens is 638 g/mol. The van der Waals surface area contributed by atoms with Gasteiger partial charge in [0.15, 0.2) is 0 Å². The van der Waals surface area contributed by atoms with Crippen LogP contribution in [-0.2, 0) is 32.8 Å². The van der Waals surface area contributed by atoms with E-state index >= 15 is 0 Å². The van der Waals surface area contributed by atoms with Crippen LogP contribution in [0.4, 0.5) is 0 Å². The number of hydrogen-bond donors (Lipinski definition) is 2. The third-order valence-electron chi connectivity index (χ3n) is 12.8. The molecule has 2 aromatic rings. The molecule has 6 aliphatic carbocycles. The zero-order chi connectivity index (χ0) is 32.3. The van der Waals surface area contributed by atoms with Gasteiger partial charge in [0.05, 0.1) is 0 Å². The summed E-state index contributed by atoms with van der Waals surface area (Å²) in [7, 11) is -5.17. The predicted octanol–water partition coefficient (Wildman–Crippen LogP) is 0.305. The van der Waals surface area contributed by atoms with Crippen LogP contribution in [0.5, 0.6) is 11.5 Å². The largest absolute Gasteiger partial charge is 1.00 e. The molecule has 8 nitrogen and oxygen atoms in total. The first-order valence-electron chi connectivity index (χ1n) is 16.6. The van der Waals surface area contributed by atoms with E-state index in [9.17, 15) is 19.8 Å². The molecule has 0 aromatic heterocycles. The Morgan fingerprint density at radius 3 is 1.36 bits per heavy atom. The van der Waals surface area contributed by atoms with Crippen molar-refractivity contribution in [3.8, 4) is 11.5 Å². The first kappa shape index (κ1) is 39.0. The quantitative estimate of drug-likeness (QED) is 0.229. The maximum absolute atomic E-state index is 12.3. The minimum atomic E-state index is -5.17. The second-order valence-corrected chi connectivity index (χ2v) is 15.7. The molecular formula is C36H44Na2O8S.